The van der Waals surface area contributed by atoms with Gasteiger partial charge in [-0.05, 0) is 63.5 Å². The van der Waals surface area contributed by atoms with Gasteiger partial charge in [-0.15, -0.1) is 0 Å². The SMILES string of the molecule is CCCC1CCCN(C(C)(CN)C2(C)CC2)CC1. The normalized spacial score (nSPS) is 31.7. The Balaban J connectivity index is 2.00. The Morgan fingerprint density at radius 1 is 1.28 bits per heavy atom. The van der Waals surface area contributed by atoms with Crippen LogP contribution < -0.4 is 5.73 Å². The standard InChI is InChI=1S/C16H32N2/c1-4-6-14-7-5-11-18(12-8-14)16(3,13-17)15(2)9-10-15/h14H,4-13,17H2,1-3H3. The molecular weight excluding hydrogens is 220 g/mol. The number of hydrogen-bond donors (Lipinski definition) is 1. The third kappa shape index (κ3) is 2.60. The van der Waals surface area contributed by atoms with Crippen molar-refractivity contribution in [1.29, 1.82) is 0 Å². The zero-order chi connectivity index (χ0) is 13.2. The van der Waals surface area contributed by atoms with Gasteiger partial charge in [0.15, 0.2) is 0 Å². The van der Waals surface area contributed by atoms with Gasteiger partial charge in [-0.25, -0.2) is 0 Å². The Hall–Kier alpha value is -0.0800. The van der Waals surface area contributed by atoms with Gasteiger partial charge >= 0.3 is 0 Å². The van der Waals surface area contributed by atoms with Crippen LogP contribution >= 0.6 is 0 Å². The number of nitrogens with two attached hydrogens (primary N) is 1. The van der Waals surface area contributed by atoms with Crippen LogP contribution in [0, 0.1) is 11.3 Å². The van der Waals surface area contributed by atoms with Crippen LogP contribution in [0.25, 0.3) is 0 Å². The van der Waals surface area contributed by atoms with Crippen molar-refractivity contribution in [1.82, 2.24) is 4.90 Å². The highest BCUT2D eigenvalue weighted by molar-refractivity contribution is 5.09. The maximum atomic E-state index is 6.17. The van der Waals surface area contributed by atoms with E-state index in [1.807, 2.05) is 0 Å². The van der Waals surface area contributed by atoms with Crippen LogP contribution in [0.2, 0.25) is 0 Å². The maximum Gasteiger partial charge on any atom is 0.0357 e. The Labute approximate surface area is 113 Å². The van der Waals surface area contributed by atoms with Crippen molar-refractivity contribution in [2.45, 2.75) is 71.3 Å². The lowest BCUT2D eigenvalue weighted by Gasteiger charge is -2.45. The van der Waals surface area contributed by atoms with Crippen molar-refractivity contribution in [3.05, 3.63) is 0 Å². The van der Waals surface area contributed by atoms with Crippen LogP contribution in [-0.2, 0) is 0 Å². The molecule has 2 nitrogen and oxygen atoms in total. The second-order valence-corrected chi connectivity index (χ2v) is 7.11. The van der Waals surface area contributed by atoms with Crippen molar-refractivity contribution in [3.63, 3.8) is 0 Å². The molecule has 0 bridgehead atoms. The summed E-state index contributed by atoms with van der Waals surface area (Å²) in [5, 5.41) is 0. The molecule has 1 saturated heterocycles. The second kappa shape index (κ2) is 5.50. The Bertz CT molecular complexity index is 272. The van der Waals surface area contributed by atoms with E-state index in [0.717, 1.165) is 12.5 Å². The van der Waals surface area contributed by atoms with Gasteiger partial charge in [-0.1, -0.05) is 26.7 Å². The Morgan fingerprint density at radius 3 is 2.56 bits per heavy atom. The summed E-state index contributed by atoms with van der Waals surface area (Å²) in [5.74, 6) is 0.967. The summed E-state index contributed by atoms with van der Waals surface area (Å²) in [5.41, 5.74) is 6.90. The molecule has 1 saturated carbocycles. The van der Waals surface area contributed by atoms with Crippen molar-refractivity contribution in [3.8, 4) is 0 Å². The summed E-state index contributed by atoms with van der Waals surface area (Å²) < 4.78 is 0. The molecule has 0 aromatic rings. The minimum atomic E-state index is 0.244. The molecule has 0 spiro atoms. The van der Waals surface area contributed by atoms with E-state index in [2.05, 4.69) is 25.7 Å². The van der Waals surface area contributed by atoms with Gasteiger partial charge in [0.05, 0.1) is 0 Å². The third-order valence-corrected chi connectivity index (χ3v) is 5.94. The molecular formula is C16H32N2. The quantitative estimate of drug-likeness (QED) is 0.812. The molecule has 0 aromatic carbocycles. The Morgan fingerprint density at radius 2 is 2.00 bits per heavy atom. The minimum Gasteiger partial charge on any atom is -0.329 e. The number of rotatable bonds is 5. The predicted molar refractivity (Wildman–Crippen MR) is 78.6 cm³/mol. The molecule has 2 fully saturated rings. The largest absolute Gasteiger partial charge is 0.329 e. The molecule has 0 aromatic heterocycles. The molecule has 106 valence electrons. The van der Waals surface area contributed by atoms with Crippen LogP contribution in [0.1, 0.15) is 65.7 Å². The molecule has 0 radical (unpaired) electrons. The highest BCUT2D eigenvalue weighted by Gasteiger charge is 2.54. The first kappa shape index (κ1) is 14.3. The predicted octanol–water partition coefficient (Wildman–Crippen LogP) is 3.41. The number of likely N-dealkylation sites (tertiary alicyclic amines) is 1. The first-order chi connectivity index (χ1) is 8.55. The lowest BCUT2D eigenvalue weighted by molar-refractivity contribution is 0.0496. The first-order valence-electron chi connectivity index (χ1n) is 8.01. The van der Waals surface area contributed by atoms with Crippen LogP contribution in [0.3, 0.4) is 0 Å². The molecule has 2 aliphatic rings. The van der Waals surface area contributed by atoms with Crippen LogP contribution in [-0.4, -0.2) is 30.1 Å². The van der Waals surface area contributed by atoms with E-state index in [1.54, 1.807) is 0 Å². The van der Waals surface area contributed by atoms with E-state index in [0.29, 0.717) is 5.41 Å². The topological polar surface area (TPSA) is 29.3 Å². The monoisotopic (exact) mass is 252 g/mol. The second-order valence-electron chi connectivity index (χ2n) is 7.11. The average molecular weight is 252 g/mol. The summed E-state index contributed by atoms with van der Waals surface area (Å²) in [7, 11) is 0. The average Bonchev–Trinajstić information content (AvgIpc) is 3.14. The summed E-state index contributed by atoms with van der Waals surface area (Å²) >= 11 is 0. The van der Waals surface area contributed by atoms with Crippen LogP contribution in [0.5, 0.6) is 0 Å². The summed E-state index contributed by atoms with van der Waals surface area (Å²) in [6.07, 6.45) is 9.70. The van der Waals surface area contributed by atoms with Gasteiger partial charge in [-0.3, -0.25) is 4.90 Å². The molecule has 1 heterocycles. The fraction of sp³-hybridized carbons (Fsp3) is 1.00. The van der Waals surface area contributed by atoms with E-state index in [4.69, 9.17) is 5.73 Å². The zero-order valence-corrected chi connectivity index (χ0v) is 12.7. The van der Waals surface area contributed by atoms with Crippen molar-refractivity contribution < 1.29 is 0 Å². The van der Waals surface area contributed by atoms with Crippen molar-refractivity contribution in [2.24, 2.45) is 17.1 Å². The maximum absolute atomic E-state index is 6.17. The molecule has 2 rings (SSSR count). The van der Waals surface area contributed by atoms with E-state index in [-0.39, 0.29) is 5.54 Å². The van der Waals surface area contributed by atoms with Crippen molar-refractivity contribution in [2.75, 3.05) is 19.6 Å². The van der Waals surface area contributed by atoms with E-state index < -0.39 is 0 Å². The lowest BCUT2D eigenvalue weighted by Crippen LogP contribution is -2.57. The third-order valence-electron chi connectivity index (χ3n) is 5.94. The molecule has 2 atom stereocenters. The van der Waals surface area contributed by atoms with E-state index in [1.165, 1.54) is 58.0 Å². The smallest absolute Gasteiger partial charge is 0.0357 e. The van der Waals surface area contributed by atoms with Gasteiger partial charge in [0.2, 0.25) is 0 Å². The zero-order valence-electron chi connectivity index (χ0n) is 12.7. The van der Waals surface area contributed by atoms with Crippen molar-refractivity contribution >= 4 is 0 Å². The van der Waals surface area contributed by atoms with Crippen LogP contribution in [0.15, 0.2) is 0 Å². The van der Waals surface area contributed by atoms with Gasteiger partial charge in [0.1, 0.15) is 0 Å². The number of nitrogens with zero attached hydrogens (tertiary/aromatic N) is 1. The Kier molecular flexibility index (Phi) is 4.38. The summed E-state index contributed by atoms with van der Waals surface area (Å²) in [6.45, 7) is 10.5. The van der Waals surface area contributed by atoms with Gasteiger partial charge in [-0.2, -0.15) is 0 Å². The fourth-order valence-corrected chi connectivity index (χ4v) is 3.84. The van der Waals surface area contributed by atoms with Gasteiger partial charge < -0.3 is 5.73 Å². The molecule has 2 N–H and O–H groups in total. The molecule has 2 unspecified atom stereocenters. The van der Waals surface area contributed by atoms with E-state index >= 15 is 0 Å². The molecule has 1 aliphatic heterocycles. The first-order valence-corrected chi connectivity index (χ1v) is 8.01. The summed E-state index contributed by atoms with van der Waals surface area (Å²) in [6, 6.07) is 0. The minimum absolute atomic E-state index is 0.244. The fourth-order valence-electron chi connectivity index (χ4n) is 3.84. The number of hydrogen-bond acceptors (Lipinski definition) is 2. The van der Waals surface area contributed by atoms with Gasteiger partial charge in [0, 0.05) is 12.1 Å². The highest BCUT2D eigenvalue weighted by atomic mass is 15.2. The molecule has 2 heteroatoms. The molecule has 18 heavy (non-hydrogen) atoms. The lowest BCUT2D eigenvalue weighted by atomic mass is 9.82. The van der Waals surface area contributed by atoms with Crippen LogP contribution in [0.4, 0.5) is 0 Å². The molecule has 1 aliphatic carbocycles. The highest BCUT2D eigenvalue weighted by Crippen LogP contribution is 2.55. The van der Waals surface area contributed by atoms with Gasteiger partial charge in [0.25, 0.3) is 0 Å². The molecule has 0 amide bonds. The van der Waals surface area contributed by atoms with E-state index in [9.17, 15) is 0 Å². The summed E-state index contributed by atoms with van der Waals surface area (Å²) in [4.78, 5) is 2.73.